The van der Waals surface area contributed by atoms with Gasteiger partial charge < -0.3 is 5.32 Å². The second kappa shape index (κ2) is 8.26. The molecule has 2 aliphatic rings. The number of fused-ring (bicyclic) bond motifs is 1. The third-order valence-corrected chi connectivity index (χ3v) is 6.43. The maximum absolute atomic E-state index is 14.9. The van der Waals surface area contributed by atoms with Crippen molar-refractivity contribution in [2.45, 2.75) is 71.3 Å². The van der Waals surface area contributed by atoms with Gasteiger partial charge in [-0.1, -0.05) is 58.7 Å². The number of para-hydroxylation sites is 1. The molecule has 0 atom stereocenters. The summed E-state index contributed by atoms with van der Waals surface area (Å²) in [4.78, 5) is 27.9. The van der Waals surface area contributed by atoms with E-state index in [4.69, 9.17) is 0 Å². The van der Waals surface area contributed by atoms with E-state index in [1.807, 2.05) is 45.9 Å². The molecule has 4 rings (SSSR count). The predicted molar refractivity (Wildman–Crippen MR) is 118 cm³/mol. The highest BCUT2D eigenvalue weighted by Crippen LogP contribution is 2.43. The molecule has 1 heterocycles. The number of amides is 2. The fourth-order valence-electron chi connectivity index (χ4n) is 4.77. The minimum absolute atomic E-state index is 0.0394. The molecule has 1 saturated carbocycles. The maximum atomic E-state index is 14.9. The average molecular weight is 444 g/mol. The van der Waals surface area contributed by atoms with E-state index in [0.29, 0.717) is 5.69 Å². The number of anilines is 2. The van der Waals surface area contributed by atoms with Crippen molar-refractivity contribution in [3.8, 4) is 0 Å². The Kier molecular flexibility index (Phi) is 5.77. The van der Waals surface area contributed by atoms with E-state index in [9.17, 15) is 22.8 Å². The highest BCUT2D eigenvalue weighted by Gasteiger charge is 2.46. The lowest BCUT2D eigenvalue weighted by atomic mass is 9.92. The molecule has 0 saturated heterocycles. The molecule has 1 aliphatic carbocycles. The van der Waals surface area contributed by atoms with Crippen LogP contribution < -0.4 is 10.2 Å². The van der Waals surface area contributed by atoms with Crippen molar-refractivity contribution in [3.05, 3.63) is 57.9 Å². The number of halogens is 3. The number of rotatable bonds is 5. The fraction of sp³-hybridized carbons (Fsp3) is 0.440. The summed E-state index contributed by atoms with van der Waals surface area (Å²) in [6, 6.07) is 5.30. The molecule has 2 amide bonds. The van der Waals surface area contributed by atoms with Crippen molar-refractivity contribution in [2.24, 2.45) is 0 Å². The van der Waals surface area contributed by atoms with Crippen LogP contribution in [0.25, 0.3) is 0 Å². The molecule has 0 unspecified atom stereocenters. The molecular weight excluding hydrogens is 417 g/mol. The first-order valence-electron chi connectivity index (χ1n) is 11.1. The Labute approximate surface area is 185 Å². The molecule has 32 heavy (non-hydrogen) atoms. The van der Waals surface area contributed by atoms with Gasteiger partial charge in [0.1, 0.15) is 0 Å². The standard InChI is InChI=1S/C25H27F3N2O2/c1-12(2)15-10-7-11-16(13(3)4)23(15)30-24(31)17-18(25(30)32)22(21(28)20(27)19(17)26)29-14-8-5-6-9-14/h7,10-14,29H,5-6,8-9H2,1-4H3. The molecular formula is C25H27F3N2O2. The molecule has 0 spiro atoms. The normalized spacial score (nSPS) is 16.6. The molecule has 4 nitrogen and oxygen atoms in total. The topological polar surface area (TPSA) is 49.4 Å². The van der Waals surface area contributed by atoms with Crippen molar-refractivity contribution < 1.29 is 22.8 Å². The van der Waals surface area contributed by atoms with Gasteiger partial charge in [0.25, 0.3) is 11.8 Å². The van der Waals surface area contributed by atoms with Gasteiger partial charge in [-0.2, -0.15) is 0 Å². The molecule has 170 valence electrons. The van der Waals surface area contributed by atoms with Crippen LogP contribution in [0.3, 0.4) is 0 Å². The van der Waals surface area contributed by atoms with Gasteiger partial charge in [0, 0.05) is 6.04 Å². The van der Waals surface area contributed by atoms with Crippen LogP contribution in [0.5, 0.6) is 0 Å². The molecule has 1 aliphatic heterocycles. The molecule has 1 N–H and O–H groups in total. The van der Waals surface area contributed by atoms with Gasteiger partial charge in [-0.05, 0) is 35.8 Å². The number of nitrogens with zero attached hydrogens (tertiary/aromatic N) is 1. The lowest BCUT2D eigenvalue weighted by Crippen LogP contribution is -2.32. The van der Waals surface area contributed by atoms with Crippen molar-refractivity contribution in [1.82, 2.24) is 0 Å². The summed E-state index contributed by atoms with van der Waals surface area (Å²) in [6.45, 7) is 7.70. The zero-order valence-corrected chi connectivity index (χ0v) is 18.7. The number of carbonyl (C=O) groups is 2. The summed E-state index contributed by atoms with van der Waals surface area (Å²) in [6.07, 6.45) is 3.30. The Hall–Kier alpha value is -2.83. The number of nitrogens with one attached hydrogen (secondary N) is 1. The van der Waals surface area contributed by atoms with E-state index < -0.39 is 46.1 Å². The van der Waals surface area contributed by atoms with Gasteiger partial charge in [-0.15, -0.1) is 0 Å². The summed E-state index contributed by atoms with van der Waals surface area (Å²) in [5.74, 6) is -6.71. The molecule has 0 bridgehead atoms. The predicted octanol–water partition coefficient (Wildman–Crippen LogP) is 6.51. The summed E-state index contributed by atoms with van der Waals surface area (Å²) in [5, 5.41) is 2.89. The number of hydrogen-bond donors (Lipinski definition) is 1. The highest BCUT2D eigenvalue weighted by atomic mass is 19.2. The summed E-state index contributed by atoms with van der Waals surface area (Å²) in [5.41, 5.74) is 0.291. The lowest BCUT2D eigenvalue weighted by Gasteiger charge is -2.25. The van der Waals surface area contributed by atoms with Crippen LogP contribution in [0.4, 0.5) is 24.5 Å². The first-order valence-corrected chi connectivity index (χ1v) is 11.1. The Morgan fingerprint density at radius 3 is 1.91 bits per heavy atom. The van der Waals surface area contributed by atoms with Crippen LogP contribution in [0.15, 0.2) is 18.2 Å². The molecule has 7 heteroatoms. The van der Waals surface area contributed by atoms with E-state index in [1.54, 1.807) is 0 Å². The molecule has 0 radical (unpaired) electrons. The zero-order chi connectivity index (χ0) is 23.3. The maximum Gasteiger partial charge on any atom is 0.269 e. The van der Waals surface area contributed by atoms with Gasteiger partial charge in [0.05, 0.1) is 22.5 Å². The van der Waals surface area contributed by atoms with Crippen molar-refractivity contribution >= 4 is 23.2 Å². The second-order valence-electron chi connectivity index (χ2n) is 9.23. The number of imide groups is 1. The van der Waals surface area contributed by atoms with Gasteiger partial charge in [-0.3, -0.25) is 9.59 Å². The van der Waals surface area contributed by atoms with Gasteiger partial charge >= 0.3 is 0 Å². The van der Waals surface area contributed by atoms with E-state index in [2.05, 4.69) is 5.32 Å². The third kappa shape index (κ3) is 3.38. The van der Waals surface area contributed by atoms with E-state index in [0.717, 1.165) is 41.7 Å². The summed E-state index contributed by atoms with van der Waals surface area (Å²) < 4.78 is 44.2. The second-order valence-corrected chi connectivity index (χ2v) is 9.23. The quantitative estimate of drug-likeness (QED) is 0.423. The van der Waals surface area contributed by atoms with Gasteiger partial charge in [0.15, 0.2) is 17.5 Å². The SMILES string of the molecule is CC(C)c1cccc(C(C)C)c1N1C(=O)c2c(F)c(F)c(F)c(NC3CCCC3)c2C1=O. The van der Waals surface area contributed by atoms with Gasteiger partial charge in [-0.25, -0.2) is 18.1 Å². The smallest absolute Gasteiger partial charge is 0.269 e. The van der Waals surface area contributed by atoms with Crippen LogP contribution in [-0.2, 0) is 0 Å². The molecule has 2 aromatic carbocycles. The van der Waals surface area contributed by atoms with Crippen molar-refractivity contribution in [2.75, 3.05) is 10.2 Å². The molecule has 1 fully saturated rings. The summed E-state index contributed by atoms with van der Waals surface area (Å²) >= 11 is 0. The minimum atomic E-state index is -1.74. The number of benzene rings is 2. The molecule has 2 aromatic rings. The first-order chi connectivity index (χ1) is 15.1. The van der Waals surface area contributed by atoms with Crippen molar-refractivity contribution in [1.29, 1.82) is 0 Å². The number of hydrogen-bond acceptors (Lipinski definition) is 3. The van der Waals surface area contributed by atoms with Gasteiger partial charge in [0.2, 0.25) is 0 Å². The lowest BCUT2D eigenvalue weighted by molar-refractivity contribution is 0.0924. The Morgan fingerprint density at radius 2 is 1.38 bits per heavy atom. The Balaban J connectivity index is 1.94. The zero-order valence-electron chi connectivity index (χ0n) is 18.7. The van der Waals surface area contributed by atoms with Crippen LogP contribution in [0.2, 0.25) is 0 Å². The van der Waals surface area contributed by atoms with Crippen LogP contribution >= 0.6 is 0 Å². The van der Waals surface area contributed by atoms with Crippen molar-refractivity contribution in [3.63, 3.8) is 0 Å². The first kappa shape index (κ1) is 22.4. The number of carbonyl (C=O) groups excluding carboxylic acids is 2. The average Bonchev–Trinajstić information content (AvgIpc) is 3.35. The molecule has 0 aromatic heterocycles. The largest absolute Gasteiger partial charge is 0.379 e. The summed E-state index contributed by atoms with van der Waals surface area (Å²) in [7, 11) is 0. The monoisotopic (exact) mass is 444 g/mol. The van der Waals surface area contributed by atoms with E-state index >= 15 is 0 Å². The Morgan fingerprint density at radius 1 is 0.844 bits per heavy atom. The van der Waals surface area contributed by atoms with Crippen LogP contribution in [0, 0.1) is 17.5 Å². The van der Waals surface area contributed by atoms with Crippen LogP contribution in [-0.4, -0.2) is 17.9 Å². The van der Waals surface area contributed by atoms with E-state index in [-0.39, 0.29) is 17.9 Å². The Bertz CT molecular complexity index is 1080. The fourth-order valence-corrected chi connectivity index (χ4v) is 4.77. The third-order valence-electron chi connectivity index (χ3n) is 6.43. The minimum Gasteiger partial charge on any atom is -0.379 e. The van der Waals surface area contributed by atoms with E-state index in [1.165, 1.54) is 0 Å². The highest BCUT2D eigenvalue weighted by molar-refractivity contribution is 6.36. The van der Waals surface area contributed by atoms with Crippen LogP contribution in [0.1, 0.15) is 97.1 Å².